The smallest absolute Gasteiger partial charge is 0.293 e. The highest BCUT2D eigenvalue weighted by atomic mass is 16.7. The van der Waals surface area contributed by atoms with Crippen molar-refractivity contribution in [3.8, 4) is 0 Å². The Kier molecular flexibility index (Phi) is 18.2. The van der Waals surface area contributed by atoms with E-state index in [4.69, 9.17) is 15.2 Å². The number of carbonyl (C=O) groups is 6. The minimum atomic E-state index is -2.59. The predicted molar refractivity (Wildman–Crippen MR) is 177 cm³/mol. The summed E-state index contributed by atoms with van der Waals surface area (Å²) in [7, 11) is 0. The number of rotatable bonds is 21. The molecule has 1 aromatic rings. The van der Waals surface area contributed by atoms with Crippen LogP contribution in [0.5, 0.6) is 0 Å². The molecule has 0 bridgehead atoms. The van der Waals surface area contributed by atoms with E-state index in [1.54, 1.807) is 0 Å². The zero-order valence-electron chi connectivity index (χ0n) is 29.0. The van der Waals surface area contributed by atoms with Gasteiger partial charge >= 0.3 is 0 Å². The molecule has 1 aliphatic rings. The van der Waals surface area contributed by atoms with Crippen LogP contribution >= 0.6 is 0 Å². The van der Waals surface area contributed by atoms with E-state index in [0.717, 1.165) is 13.8 Å². The third-order valence-electron chi connectivity index (χ3n) is 8.03. The number of hydrogen-bond donors (Lipinski definition) is 14. The molecule has 0 spiro atoms. The van der Waals surface area contributed by atoms with Crippen LogP contribution in [0.15, 0.2) is 24.3 Å². The minimum Gasteiger partial charge on any atom is -0.463 e. The zero-order chi connectivity index (χ0) is 40.9. The maximum Gasteiger partial charge on any atom is 0.293 e. The number of nitrogens with one attached hydrogen (secondary N) is 4. The van der Waals surface area contributed by atoms with Gasteiger partial charge in [-0.25, -0.2) is 0 Å². The van der Waals surface area contributed by atoms with Crippen LogP contribution in [0.25, 0.3) is 0 Å². The molecule has 0 aliphatic carbocycles. The fraction of sp³-hybridized carbons (Fsp3) is 0.613. The van der Waals surface area contributed by atoms with Crippen LogP contribution in [0.3, 0.4) is 0 Å². The summed E-state index contributed by atoms with van der Waals surface area (Å²) < 4.78 is 15.0. The fourth-order valence-electron chi connectivity index (χ4n) is 4.94. The van der Waals surface area contributed by atoms with E-state index in [2.05, 4.69) is 20.7 Å². The van der Waals surface area contributed by atoms with Crippen molar-refractivity contribution in [3.63, 3.8) is 0 Å². The number of ether oxygens (including phenoxy) is 3. The quantitative estimate of drug-likeness (QED) is 0.0515. The van der Waals surface area contributed by atoms with Crippen LogP contribution in [0.2, 0.25) is 0 Å². The monoisotopic (exact) mass is 777 g/mol. The Balaban J connectivity index is 2.10. The lowest BCUT2D eigenvalue weighted by Gasteiger charge is -2.42. The lowest BCUT2D eigenvalue weighted by Crippen LogP contribution is -2.63. The zero-order valence-corrected chi connectivity index (χ0v) is 29.0. The summed E-state index contributed by atoms with van der Waals surface area (Å²) in [6, 6.07) is 1.01. The molecule has 2 rings (SSSR count). The average Bonchev–Trinajstić information content (AvgIpc) is 3.13. The molecule has 5 amide bonds. The summed E-state index contributed by atoms with van der Waals surface area (Å²) in [6.45, 7) is 0.378. The third-order valence-corrected chi connectivity index (χ3v) is 8.03. The highest BCUT2D eigenvalue weighted by Gasteiger charge is 2.47. The number of aliphatic hydroxyl groups excluding tert-OH is 9. The van der Waals surface area contributed by atoms with Gasteiger partial charge in [-0.05, 0) is 31.5 Å². The molecule has 15 N–H and O–H groups in total. The summed E-state index contributed by atoms with van der Waals surface area (Å²) in [6.07, 6.45) is -21.0. The predicted octanol–water partition coefficient (Wildman–Crippen LogP) is -7.71. The highest BCUT2D eigenvalue weighted by Crippen LogP contribution is 2.25. The average molecular weight is 778 g/mol. The number of hydrogen-bond acceptors (Lipinski definition) is 18. The molecule has 5 unspecified atom stereocenters. The number of benzene rings is 1. The van der Waals surface area contributed by atoms with Crippen LogP contribution in [0, 0.1) is 0 Å². The SMILES string of the molecule is CC(NC(=O)C(NC(=O)[C@H](O)[C@H](O)C(O[C@@H]1O[C@H](CO)[C@H](O)[C@H](O)[C@H]1O)[C@H](O)CO)C(C)O)C(=O)NC(CC(N)=O)C(=O)Nc1ccc(COC=O)cc1. The maximum atomic E-state index is 13.1. The number of anilines is 1. The molecular formula is C31H47N5O18. The number of nitrogens with two attached hydrogens (primary N) is 1. The first-order chi connectivity index (χ1) is 25.4. The van der Waals surface area contributed by atoms with Gasteiger partial charge in [0.1, 0.15) is 67.5 Å². The van der Waals surface area contributed by atoms with Crippen LogP contribution < -0.4 is 27.0 Å². The number of primary amides is 1. The van der Waals surface area contributed by atoms with Gasteiger partial charge in [-0.15, -0.1) is 0 Å². The second-order valence-corrected chi connectivity index (χ2v) is 12.3. The Morgan fingerprint density at radius 3 is 2.04 bits per heavy atom. The summed E-state index contributed by atoms with van der Waals surface area (Å²) in [5, 5.41) is 99.8. The number of carbonyl (C=O) groups excluding carboxylic acids is 6. The topological polar surface area (TPSA) is 386 Å². The molecule has 1 heterocycles. The first-order valence-electron chi connectivity index (χ1n) is 16.3. The molecule has 13 atom stereocenters. The van der Waals surface area contributed by atoms with E-state index in [9.17, 15) is 74.7 Å². The lowest BCUT2D eigenvalue weighted by atomic mass is 9.98. The molecule has 23 nitrogen and oxygen atoms in total. The van der Waals surface area contributed by atoms with Crippen molar-refractivity contribution in [2.75, 3.05) is 18.5 Å². The molecule has 0 aromatic heterocycles. The van der Waals surface area contributed by atoms with Gasteiger partial charge in [-0.2, -0.15) is 0 Å². The standard InChI is InChI=1S/C31H47N5O18/c1-12(27(48)35-16(7-19(32)42)28(49)34-15-5-3-14(4-6-15)10-52-11-39)33-29(50)20(13(2)40)36-30(51)24(46)23(45)26(17(41)8-37)54-31-25(47)22(44)21(43)18(9-38)53-31/h3-6,11-13,16-18,20-26,31,37-38,40-41,43-47H,7-10H2,1-2H3,(H2,32,42)(H,33,50)(H,34,49)(H,35,48)(H,36,51)/t12?,13?,16?,17-,18-,20?,21+,22+,23+,24-,25-,26?,31+/m1/s1. The van der Waals surface area contributed by atoms with Crippen LogP contribution in [0.1, 0.15) is 25.8 Å². The van der Waals surface area contributed by atoms with Gasteiger partial charge in [0, 0.05) is 5.69 Å². The number of aliphatic hydroxyl groups is 9. The van der Waals surface area contributed by atoms with Crippen molar-refractivity contribution in [1.29, 1.82) is 0 Å². The molecule has 1 saturated heterocycles. The first-order valence-corrected chi connectivity index (χ1v) is 16.3. The van der Waals surface area contributed by atoms with Gasteiger partial charge in [0.2, 0.25) is 23.6 Å². The van der Waals surface area contributed by atoms with Crippen LogP contribution in [-0.4, -0.2) is 175 Å². The van der Waals surface area contributed by atoms with Crippen LogP contribution in [0.4, 0.5) is 5.69 Å². The second kappa shape index (κ2) is 21.5. The number of amides is 5. The van der Waals surface area contributed by atoms with Gasteiger partial charge in [0.05, 0.1) is 25.7 Å². The van der Waals surface area contributed by atoms with Crippen molar-refractivity contribution >= 4 is 41.7 Å². The molecular weight excluding hydrogens is 730 g/mol. The molecule has 0 radical (unpaired) electrons. The molecule has 1 fully saturated rings. The van der Waals surface area contributed by atoms with Gasteiger partial charge in [-0.3, -0.25) is 28.8 Å². The Labute approximate surface area is 307 Å². The van der Waals surface area contributed by atoms with E-state index in [1.807, 2.05) is 5.32 Å². The van der Waals surface area contributed by atoms with Gasteiger partial charge < -0.3 is 87.2 Å². The Morgan fingerprint density at radius 1 is 0.870 bits per heavy atom. The van der Waals surface area contributed by atoms with E-state index >= 15 is 0 Å². The van der Waals surface area contributed by atoms with Gasteiger partial charge in [0.25, 0.3) is 12.4 Å². The first kappa shape index (κ1) is 45.8. The van der Waals surface area contributed by atoms with E-state index in [-0.39, 0.29) is 18.8 Å². The lowest BCUT2D eigenvalue weighted by molar-refractivity contribution is -0.326. The van der Waals surface area contributed by atoms with E-state index in [0.29, 0.717) is 5.56 Å². The molecule has 0 saturated carbocycles. The summed E-state index contributed by atoms with van der Waals surface area (Å²) in [4.78, 5) is 73.9. The molecule has 304 valence electrons. The molecule has 54 heavy (non-hydrogen) atoms. The molecule has 1 aromatic carbocycles. The third kappa shape index (κ3) is 12.9. The minimum absolute atomic E-state index is 0.0253. The largest absolute Gasteiger partial charge is 0.463 e. The highest BCUT2D eigenvalue weighted by molar-refractivity contribution is 6.00. The van der Waals surface area contributed by atoms with Crippen molar-refractivity contribution in [3.05, 3.63) is 29.8 Å². The van der Waals surface area contributed by atoms with Crippen molar-refractivity contribution in [1.82, 2.24) is 16.0 Å². The normalized spacial score (nSPS) is 24.2. The van der Waals surface area contributed by atoms with E-state index < -0.39 is 129 Å². The maximum absolute atomic E-state index is 13.1. The summed E-state index contributed by atoms with van der Waals surface area (Å²) in [5.74, 6) is -5.65. The van der Waals surface area contributed by atoms with Crippen LogP contribution in [-0.2, 0) is 49.6 Å². The van der Waals surface area contributed by atoms with Gasteiger partial charge in [0.15, 0.2) is 12.4 Å². The molecule has 23 heteroatoms. The van der Waals surface area contributed by atoms with Crippen molar-refractivity contribution < 1.29 is 88.9 Å². The van der Waals surface area contributed by atoms with E-state index in [1.165, 1.54) is 24.3 Å². The Hall–Kier alpha value is -4.40. The van der Waals surface area contributed by atoms with Crippen molar-refractivity contribution in [2.45, 2.75) is 106 Å². The van der Waals surface area contributed by atoms with Gasteiger partial charge in [-0.1, -0.05) is 12.1 Å². The summed E-state index contributed by atoms with van der Waals surface area (Å²) >= 11 is 0. The van der Waals surface area contributed by atoms with Crippen molar-refractivity contribution in [2.24, 2.45) is 5.73 Å². The Bertz CT molecular complexity index is 1420. The fourth-order valence-corrected chi connectivity index (χ4v) is 4.94. The molecule has 1 aliphatic heterocycles. The summed E-state index contributed by atoms with van der Waals surface area (Å²) in [5.41, 5.74) is 6.07. The Morgan fingerprint density at radius 2 is 1.50 bits per heavy atom. The second-order valence-electron chi connectivity index (χ2n) is 12.3.